The lowest BCUT2D eigenvalue weighted by molar-refractivity contribution is -0.117. The Bertz CT molecular complexity index is 954. The van der Waals surface area contributed by atoms with Crippen molar-refractivity contribution in [1.82, 2.24) is 14.9 Å². The number of nitrogens with zero attached hydrogens (tertiary/aromatic N) is 5. The van der Waals surface area contributed by atoms with Crippen LogP contribution in [0.2, 0.25) is 0 Å². The van der Waals surface area contributed by atoms with Gasteiger partial charge in [-0.3, -0.25) is 14.6 Å². The number of hydrogen-bond acceptors (Lipinski definition) is 8. The van der Waals surface area contributed by atoms with Gasteiger partial charge in [-0.05, 0) is 37.1 Å². The van der Waals surface area contributed by atoms with Gasteiger partial charge in [0, 0.05) is 50.1 Å². The summed E-state index contributed by atoms with van der Waals surface area (Å²) >= 11 is 0. The molecule has 0 atom stereocenters. The van der Waals surface area contributed by atoms with E-state index in [9.17, 15) is 4.79 Å². The van der Waals surface area contributed by atoms with Crippen LogP contribution < -0.4 is 20.4 Å². The van der Waals surface area contributed by atoms with Crippen molar-refractivity contribution in [2.45, 2.75) is 38.3 Å². The number of hydrogen-bond donors (Lipinski definition) is 3. The molecule has 3 aliphatic rings. The van der Waals surface area contributed by atoms with Crippen LogP contribution in [0.1, 0.15) is 31.5 Å². The SMILES string of the molecule is O=C1CNc2cnc(CNc3ccc(N4CCN(CCO)CC4)cc3)nc2N1C1CCCC1. The van der Waals surface area contributed by atoms with Crippen LogP contribution in [0.4, 0.5) is 22.9 Å². The zero-order valence-corrected chi connectivity index (χ0v) is 19.0. The predicted molar refractivity (Wildman–Crippen MR) is 130 cm³/mol. The number of carbonyl (C=O) groups excluding carboxylic acids is 1. The highest BCUT2D eigenvalue weighted by Crippen LogP contribution is 2.34. The molecule has 0 spiro atoms. The topological polar surface area (TPSA) is 96.9 Å². The molecule has 2 aliphatic heterocycles. The van der Waals surface area contributed by atoms with E-state index >= 15 is 0 Å². The van der Waals surface area contributed by atoms with Gasteiger partial charge in [0.2, 0.25) is 5.91 Å². The van der Waals surface area contributed by atoms with E-state index in [0.717, 1.165) is 62.8 Å². The van der Waals surface area contributed by atoms with Crippen molar-refractivity contribution >= 4 is 28.8 Å². The van der Waals surface area contributed by atoms with Gasteiger partial charge >= 0.3 is 0 Å². The molecule has 9 heteroatoms. The normalized spacial score (nSPS) is 19.5. The van der Waals surface area contributed by atoms with E-state index < -0.39 is 0 Å². The summed E-state index contributed by atoms with van der Waals surface area (Å²) < 4.78 is 0. The number of benzene rings is 1. The Morgan fingerprint density at radius 2 is 1.85 bits per heavy atom. The summed E-state index contributed by atoms with van der Waals surface area (Å²) in [4.78, 5) is 28.5. The number of rotatable bonds is 7. The van der Waals surface area contributed by atoms with Crippen LogP contribution in [0, 0.1) is 0 Å². The molecule has 5 rings (SSSR count). The van der Waals surface area contributed by atoms with Crippen LogP contribution in [0.3, 0.4) is 0 Å². The number of β-amino-alcohol motifs (C(OH)–C–C–N with tert-alkyl or cyclic N) is 1. The molecule has 2 aromatic rings. The molecule has 33 heavy (non-hydrogen) atoms. The summed E-state index contributed by atoms with van der Waals surface area (Å²) in [6.07, 6.45) is 6.24. The van der Waals surface area contributed by atoms with Gasteiger partial charge in [0.15, 0.2) is 5.82 Å². The zero-order chi connectivity index (χ0) is 22.6. The molecule has 0 radical (unpaired) electrons. The lowest BCUT2D eigenvalue weighted by Crippen LogP contribution is -2.47. The molecular formula is C24H33N7O2. The quantitative estimate of drug-likeness (QED) is 0.588. The van der Waals surface area contributed by atoms with Crippen molar-refractivity contribution in [2.24, 2.45) is 0 Å². The molecule has 1 amide bonds. The lowest BCUT2D eigenvalue weighted by atomic mass is 10.1. The first-order valence-electron chi connectivity index (χ1n) is 12.1. The van der Waals surface area contributed by atoms with E-state index in [1.165, 1.54) is 18.5 Å². The monoisotopic (exact) mass is 451 g/mol. The molecule has 1 aliphatic carbocycles. The summed E-state index contributed by atoms with van der Waals surface area (Å²) in [5, 5.41) is 15.7. The van der Waals surface area contributed by atoms with E-state index in [-0.39, 0.29) is 18.6 Å². The second-order valence-electron chi connectivity index (χ2n) is 9.03. The fourth-order valence-corrected chi connectivity index (χ4v) is 5.06. The van der Waals surface area contributed by atoms with Crippen molar-refractivity contribution < 1.29 is 9.90 Å². The average molecular weight is 452 g/mol. The highest BCUT2D eigenvalue weighted by molar-refractivity contribution is 6.01. The Morgan fingerprint density at radius 3 is 2.58 bits per heavy atom. The number of aliphatic hydroxyl groups excluding tert-OH is 1. The van der Waals surface area contributed by atoms with Gasteiger partial charge in [0.1, 0.15) is 5.82 Å². The Kier molecular flexibility index (Phi) is 6.59. The molecule has 3 N–H and O–H groups in total. The summed E-state index contributed by atoms with van der Waals surface area (Å²) in [6, 6.07) is 8.71. The smallest absolute Gasteiger partial charge is 0.247 e. The summed E-state index contributed by atoms with van der Waals surface area (Å²) in [7, 11) is 0. The van der Waals surface area contributed by atoms with Gasteiger partial charge in [-0.25, -0.2) is 9.97 Å². The maximum atomic E-state index is 12.6. The van der Waals surface area contributed by atoms with Gasteiger partial charge in [-0.15, -0.1) is 0 Å². The number of carbonyl (C=O) groups is 1. The molecule has 1 aromatic carbocycles. The van der Waals surface area contributed by atoms with E-state index in [4.69, 9.17) is 10.1 Å². The molecule has 176 valence electrons. The van der Waals surface area contributed by atoms with Crippen molar-refractivity contribution in [3.8, 4) is 0 Å². The van der Waals surface area contributed by atoms with E-state index in [0.29, 0.717) is 18.9 Å². The van der Waals surface area contributed by atoms with Gasteiger partial charge in [-0.2, -0.15) is 0 Å². The van der Waals surface area contributed by atoms with Crippen molar-refractivity contribution in [3.63, 3.8) is 0 Å². The van der Waals surface area contributed by atoms with Gasteiger partial charge in [-0.1, -0.05) is 12.8 Å². The summed E-state index contributed by atoms with van der Waals surface area (Å²) in [5.74, 6) is 1.50. The van der Waals surface area contributed by atoms with E-state index in [1.54, 1.807) is 6.20 Å². The Labute approximate surface area is 194 Å². The Balaban J connectivity index is 1.21. The average Bonchev–Trinajstić information content (AvgIpc) is 3.38. The Morgan fingerprint density at radius 1 is 1.09 bits per heavy atom. The van der Waals surface area contributed by atoms with Gasteiger partial charge < -0.3 is 20.6 Å². The van der Waals surface area contributed by atoms with Crippen LogP contribution >= 0.6 is 0 Å². The molecule has 1 saturated heterocycles. The Hall–Kier alpha value is -2.91. The number of fused-ring (bicyclic) bond motifs is 1. The molecule has 2 fully saturated rings. The third kappa shape index (κ3) is 4.89. The number of amides is 1. The fourth-order valence-electron chi connectivity index (χ4n) is 5.06. The molecule has 1 aromatic heterocycles. The number of aliphatic hydroxyl groups is 1. The highest BCUT2D eigenvalue weighted by atomic mass is 16.3. The predicted octanol–water partition coefficient (Wildman–Crippen LogP) is 1.90. The van der Waals surface area contributed by atoms with Gasteiger partial charge in [0.05, 0.1) is 31.6 Å². The summed E-state index contributed by atoms with van der Waals surface area (Å²) in [6.45, 7) is 5.69. The van der Waals surface area contributed by atoms with Crippen LogP contribution in [0.25, 0.3) is 0 Å². The third-order valence-corrected chi connectivity index (χ3v) is 6.91. The third-order valence-electron chi connectivity index (χ3n) is 6.91. The molecular weight excluding hydrogens is 418 g/mol. The second-order valence-corrected chi connectivity index (χ2v) is 9.03. The van der Waals surface area contributed by atoms with E-state index in [1.807, 2.05) is 4.90 Å². The maximum Gasteiger partial charge on any atom is 0.247 e. The minimum absolute atomic E-state index is 0.0970. The van der Waals surface area contributed by atoms with E-state index in [2.05, 4.69) is 49.7 Å². The number of nitrogens with one attached hydrogen (secondary N) is 2. The molecule has 1 saturated carbocycles. The van der Waals surface area contributed by atoms with Crippen LogP contribution in [-0.4, -0.2) is 77.8 Å². The highest BCUT2D eigenvalue weighted by Gasteiger charge is 2.33. The lowest BCUT2D eigenvalue weighted by Gasteiger charge is -2.35. The van der Waals surface area contributed by atoms with Gasteiger partial charge in [0.25, 0.3) is 0 Å². The number of aromatic nitrogens is 2. The minimum atomic E-state index is 0.0970. The van der Waals surface area contributed by atoms with Crippen LogP contribution in [-0.2, 0) is 11.3 Å². The van der Waals surface area contributed by atoms with Crippen LogP contribution in [0.5, 0.6) is 0 Å². The fraction of sp³-hybridized carbons (Fsp3) is 0.542. The molecule has 0 unspecified atom stereocenters. The molecule has 0 bridgehead atoms. The van der Waals surface area contributed by atoms with Crippen molar-refractivity contribution in [2.75, 3.05) is 66.3 Å². The standard InChI is InChI=1S/C24H33N7O2/c32-14-13-29-9-11-30(12-10-29)19-7-5-18(6-8-19)25-16-22-27-15-21-24(28-22)31(23(33)17-26-21)20-3-1-2-4-20/h5-8,15,20,25-26,32H,1-4,9-14,16-17H2. The minimum Gasteiger partial charge on any atom is -0.395 e. The van der Waals surface area contributed by atoms with Crippen molar-refractivity contribution in [1.29, 1.82) is 0 Å². The number of piperazine rings is 1. The molecule has 9 nitrogen and oxygen atoms in total. The molecule has 3 heterocycles. The number of anilines is 4. The van der Waals surface area contributed by atoms with Crippen LogP contribution in [0.15, 0.2) is 30.5 Å². The first kappa shape index (κ1) is 21.9. The zero-order valence-electron chi connectivity index (χ0n) is 19.0. The summed E-state index contributed by atoms with van der Waals surface area (Å²) in [5.41, 5.74) is 3.07. The largest absolute Gasteiger partial charge is 0.395 e. The van der Waals surface area contributed by atoms with Crippen molar-refractivity contribution in [3.05, 3.63) is 36.3 Å². The second kappa shape index (κ2) is 9.93. The maximum absolute atomic E-state index is 12.6. The first-order valence-corrected chi connectivity index (χ1v) is 12.1. The first-order chi connectivity index (χ1) is 16.2.